The van der Waals surface area contributed by atoms with Crippen LogP contribution in [-0.4, -0.2) is 23.3 Å². The summed E-state index contributed by atoms with van der Waals surface area (Å²) in [6, 6.07) is 5.27. The molecule has 1 heterocycles. The summed E-state index contributed by atoms with van der Waals surface area (Å²) in [5.74, 6) is -0.286. The molecule has 106 valence electrons. The fourth-order valence-corrected chi connectivity index (χ4v) is 2.00. The van der Waals surface area contributed by atoms with E-state index in [-0.39, 0.29) is 5.56 Å². The summed E-state index contributed by atoms with van der Waals surface area (Å²) < 4.78 is 5.02. The van der Waals surface area contributed by atoms with Crippen molar-refractivity contribution >= 4 is 17.3 Å². The van der Waals surface area contributed by atoms with Crippen molar-refractivity contribution in [2.75, 3.05) is 17.7 Å². The Hall–Kier alpha value is -2.50. The monoisotopic (exact) mass is 275 g/mol. The van der Waals surface area contributed by atoms with Crippen LogP contribution < -0.4 is 10.6 Å². The molecule has 0 aliphatic rings. The lowest BCUT2D eigenvalue weighted by Gasteiger charge is -2.20. The summed E-state index contributed by atoms with van der Waals surface area (Å²) in [5.41, 5.74) is 8.49. The molecule has 0 unspecified atom stereocenters. The number of nitrogens with zero attached hydrogens (tertiary/aromatic N) is 2. The van der Waals surface area contributed by atoms with E-state index in [0.717, 1.165) is 22.7 Å². The average molecular weight is 275 g/mol. The molecule has 20 heavy (non-hydrogen) atoms. The lowest BCUT2D eigenvalue weighted by molar-refractivity contribution is 0.0698. The minimum absolute atomic E-state index is 0.114. The number of carbonyl (C=O) groups is 1. The molecule has 2 rings (SSSR count). The van der Waals surface area contributed by atoms with Gasteiger partial charge in [0.15, 0.2) is 0 Å². The van der Waals surface area contributed by atoms with Gasteiger partial charge in [-0.2, -0.15) is 0 Å². The number of hydrogen-bond acceptors (Lipinski definition) is 5. The number of hydrogen-bond donors (Lipinski definition) is 2. The maximum absolute atomic E-state index is 11.2. The third kappa shape index (κ3) is 2.74. The van der Waals surface area contributed by atoms with Crippen LogP contribution in [0, 0.1) is 13.8 Å². The number of carboxylic acids is 1. The van der Waals surface area contributed by atoms with Crippen molar-refractivity contribution in [3.63, 3.8) is 0 Å². The zero-order valence-corrected chi connectivity index (χ0v) is 11.7. The highest BCUT2D eigenvalue weighted by atomic mass is 16.5. The first-order valence-electron chi connectivity index (χ1n) is 6.15. The Balaban J connectivity index is 2.30. The van der Waals surface area contributed by atoms with Crippen molar-refractivity contribution in [2.24, 2.45) is 0 Å². The number of aromatic nitrogens is 1. The van der Waals surface area contributed by atoms with E-state index < -0.39 is 5.97 Å². The van der Waals surface area contributed by atoms with E-state index in [1.807, 2.05) is 31.0 Å². The van der Waals surface area contributed by atoms with Gasteiger partial charge in [-0.3, -0.25) is 0 Å². The van der Waals surface area contributed by atoms with Crippen LogP contribution in [0.4, 0.5) is 11.4 Å². The zero-order valence-electron chi connectivity index (χ0n) is 11.7. The molecular weight excluding hydrogens is 258 g/mol. The van der Waals surface area contributed by atoms with Crippen LogP contribution in [0.15, 0.2) is 22.7 Å². The van der Waals surface area contributed by atoms with Crippen LogP contribution in [-0.2, 0) is 6.54 Å². The van der Waals surface area contributed by atoms with Crippen molar-refractivity contribution in [1.82, 2.24) is 5.16 Å². The number of nitrogens with two attached hydrogens (primary N) is 1. The van der Waals surface area contributed by atoms with E-state index in [1.54, 1.807) is 13.0 Å². The highest BCUT2D eigenvalue weighted by Crippen LogP contribution is 2.25. The molecule has 0 amide bonds. The van der Waals surface area contributed by atoms with E-state index in [4.69, 9.17) is 15.4 Å². The standard InChI is InChI=1S/C14H17N3O3/c1-8-4-11(6-12(13(8)15)14(18)19)17(3)7-10-5-9(2)20-16-10/h4-6H,7,15H2,1-3H3,(H,18,19). The molecule has 0 fully saturated rings. The maximum Gasteiger partial charge on any atom is 0.337 e. The van der Waals surface area contributed by atoms with Crippen molar-refractivity contribution in [2.45, 2.75) is 20.4 Å². The average Bonchev–Trinajstić information content (AvgIpc) is 2.77. The Labute approximate surface area is 116 Å². The second kappa shape index (κ2) is 5.24. The molecule has 1 aromatic heterocycles. The topological polar surface area (TPSA) is 92.6 Å². The Kier molecular flexibility index (Phi) is 3.65. The second-order valence-electron chi connectivity index (χ2n) is 4.81. The van der Waals surface area contributed by atoms with Crippen LogP contribution in [0.5, 0.6) is 0 Å². The predicted molar refractivity (Wildman–Crippen MR) is 75.9 cm³/mol. The molecule has 1 aromatic carbocycles. The number of carboxylic acid groups (broad SMARTS) is 1. The molecular formula is C14H17N3O3. The van der Waals surface area contributed by atoms with Gasteiger partial charge in [0.1, 0.15) is 11.5 Å². The summed E-state index contributed by atoms with van der Waals surface area (Å²) in [6.45, 7) is 4.14. The van der Waals surface area contributed by atoms with E-state index in [1.165, 1.54) is 0 Å². The molecule has 6 nitrogen and oxygen atoms in total. The van der Waals surface area contributed by atoms with E-state index in [2.05, 4.69) is 5.16 Å². The smallest absolute Gasteiger partial charge is 0.337 e. The minimum Gasteiger partial charge on any atom is -0.478 e. The Morgan fingerprint density at radius 2 is 2.10 bits per heavy atom. The van der Waals surface area contributed by atoms with E-state index in [0.29, 0.717) is 12.2 Å². The summed E-state index contributed by atoms with van der Waals surface area (Å²) in [7, 11) is 1.86. The number of benzene rings is 1. The highest BCUT2D eigenvalue weighted by Gasteiger charge is 2.14. The molecule has 0 bridgehead atoms. The van der Waals surface area contributed by atoms with Crippen LogP contribution in [0.3, 0.4) is 0 Å². The molecule has 0 radical (unpaired) electrons. The van der Waals surface area contributed by atoms with Gasteiger partial charge in [-0.05, 0) is 31.5 Å². The lowest BCUT2D eigenvalue weighted by Crippen LogP contribution is -2.18. The third-order valence-electron chi connectivity index (χ3n) is 3.12. The van der Waals surface area contributed by atoms with Gasteiger partial charge in [0.25, 0.3) is 0 Å². The Morgan fingerprint density at radius 1 is 1.40 bits per heavy atom. The first-order valence-corrected chi connectivity index (χ1v) is 6.15. The quantitative estimate of drug-likeness (QED) is 0.831. The fourth-order valence-electron chi connectivity index (χ4n) is 2.00. The summed E-state index contributed by atoms with van der Waals surface area (Å²) in [4.78, 5) is 13.1. The van der Waals surface area contributed by atoms with Gasteiger partial charge in [0, 0.05) is 24.5 Å². The molecule has 3 N–H and O–H groups in total. The third-order valence-corrected chi connectivity index (χ3v) is 3.12. The van der Waals surface area contributed by atoms with Crippen LogP contribution in [0.2, 0.25) is 0 Å². The van der Waals surface area contributed by atoms with Crippen LogP contribution >= 0.6 is 0 Å². The number of anilines is 2. The molecule has 6 heteroatoms. The Bertz CT molecular complexity index is 649. The summed E-state index contributed by atoms with van der Waals surface area (Å²) in [6.07, 6.45) is 0. The number of aryl methyl sites for hydroxylation is 2. The van der Waals surface area contributed by atoms with Crippen molar-refractivity contribution in [3.8, 4) is 0 Å². The molecule has 0 spiro atoms. The highest BCUT2D eigenvalue weighted by molar-refractivity contribution is 5.95. The number of aromatic carboxylic acids is 1. The molecule has 0 atom stereocenters. The second-order valence-corrected chi connectivity index (χ2v) is 4.81. The predicted octanol–water partition coefficient (Wildman–Crippen LogP) is 2.21. The first-order chi connectivity index (χ1) is 9.38. The minimum atomic E-state index is -1.03. The maximum atomic E-state index is 11.2. The first kappa shape index (κ1) is 13.9. The summed E-state index contributed by atoms with van der Waals surface area (Å²) in [5, 5.41) is 13.1. The van der Waals surface area contributed by atoms with Crippen molar-refractivity contribution in [1.29, 1.82) is 0 Å². The van der Waals surface area contributed by atoms with Gasteiger partial charge >= 0.3 is 5.97 Å². The largest absolute Gasteiger partial charge is 0.478 e. The number of nitrogen functional groups attached to an aromatic ring is 1. The van der Waals surface area contributed by atoms with Crippen LogP contribution in [0.25, 0.3) is 0 Å². The molecule has 0 saturated heterocycles. The van der Waals surface area contributed by atoms with Crippen LogP contribution in [0.1, 0.15) is 27.4 Å². The molecule has 0 aliphatic heterocycles. The normalized spacial score (nSPS) is 10.6. The number of rotatable bonds is 4. The van der Waals surface area contributed by atoms with Crippen molar-refractivity contribution in [3.05, 3.63) is 40.8 Å². The SMILES string of the molecule is Cc1cc(CN(C)c2cc(C)c(N)c(C(=O)O)c2)no1. The van der Waals surface area contributed by atoms with Gasteiger partial charge in [-0.1, -0.05) is 5.16 Å². The summed E-state index contributed by atoms with van der Waals surface area (Å²) >= 11 is 0. The van der Waals surface area contributed by atoms with Gasteiger partial charge < -0.3 is 20.3 Å². The van der Waals surface area contributed by atoms with Gasteiger partial charge in [-0.15, -0.1) is 0 Å². The fraction of sp³-hybridized carbons (Fsp3) is 0.286. The molecule has 2 aromatic rings. The van der Waals surface area contributed by atoms with E-state index >= 15 is 0 Å². The Morgan fingerprint density at radius 3 is 2.65 bits per heavy atom. The zero-order chi connectivity index (χ0) is 14.9. The van der Waals surface area contributed by atoms with E-state index in [9.17, 15) is 4.79 Å². The molecule has 0 saturated carbocycles. The van der Waals surface area contributed by atoms with Gasteiger partial charge in [0.05, 0.1) is 12.1 Å². The molecule has 0 aliphatic carbocycles. The van der Waals surface area contributed by atoms with Gasteiger partial charge in [0.2, 0.25) is 0 Å². The van der Waals surface area contributed by atoms with Gasteiger partial charge in [-0.25, -0.2) is 4.79 Å². The van der Waals surface area contributed by atoms with Crippen molar-refractivity contribution < 1.29 is 14.4 Å². The lowest BCUT2D eigenvalue weighted by atomic mass is 10.1.